The second-order valence-electron chi connectivity index (χ2n) is 3.42. The predicted molar refractivity (Wildman–Crippen MR) is 72.5 cm³/mol. The third-order valence-corrected chi connectivity index (χ3v) is 3.90. The summed E-state index contributed by atoms with van der Waals surface area (Å²) in [6, 6.07) is 12.3. The van der Waals surface area contributed by atoms with Crippen molar-refractivity contribution in [2.45, 2.75) is 6.04 Å². The maximum absolute atomic E-state index is 11.2. The van der Waals surface area contributed by atoms with Gasteiger partial charge in [-0.3, -0.25) is 0 Å². The lowest BCUT2D eigenvalue weighted by molar-refractivity contribution is -0.138. The number of carboxylic acid groups (broad SMARTS) is 1. The van der Waals surface area contributed by atoms with Gasteiger partial charge >= 0.3 is 5.97 Å². The first-order valence-corrected chi connectivity index (χ1v) is 6.57. The molecule has 1 heterocycles. The lowest BCUT2D eigenvalue weighted by atomic mass is 10.2. The van der Waals surface area contributed by atoms with E-state index < -0.39 is 12.0 Å². The zero-order chi connectivity index (χ0) is 12.3. The Morgan fingerprint density at radius 1 is 1.24 bits per heavy atom. The van der Waals surface area contributed by atoms with Crippen LogP contribution in [0.25, 0.3) is 0 Å². The molecular weight excluding hydrogens is 302 g/mol. The number of carbonyl (C=O) groups is 1. The lowest BCUT2D eigenvalue weighted by Crippen LogP contribution is -2.19. The fourth-order valence-electron chi connectivity index (χ4n) is 1.44. The molecule has 17 heavy (non-hydrogen) atoms. The van der Waals surface area contributed by atoms with Crippen LogP contribution in [-0.2, 0) is 4.79 Å². The van der Waals surface area contributed by atoms with Crippen molar-refractivity contribution in [2.24, 2.45) is 0 Å². The SMILES string of the molecule is O=C(O)C(Nc1ccccc1)c1ccc(Br)s1. The maximum Gasteiger partial charge on any atom is 0.331 e. The Morgan fingerprint density at radius 3 is 2.47 bits per heavy atom. The first-order valence-electron chi connectivity index (χ1n) is 4.96. The number of rotatable bonds is 4. The molecule has 0 bridgehead atoms. The predicted octanol–water partition coefficient (Wildman–Crippen LogP) is 3.75. The molecule has 0 radical (unpaired) electrons. The van der Waals surface area contributed by atoms with Crippen molar-refractivity contribution in [1.82, 2.24) is 0 Å². The number of thiophene rings is 1. The quantitative estimate of drug-likeness (QED) is 0.904. The highest BCUT2D eigenvalue weighted by Crippen LogP contribution is 2.29. The summed E-state index contributed by atoms with van der Waals surface area (Å²) in [5.74, 6) is -0.886. The van der Waals surface area contributed by atoms with Crippen LogP contribution in [0.4, 0.5) is 5.69 Å². The largest absolute Gasteiger partial charge is 0.479 e. The van der Waals surface area contributed by atoms with Crippen molar-refractivity contribution in [3.63, 3.8) is 0 Å². The lowest BCUT2D eigenvalue weighted by Gasteiger charge is -2.13. The third-order valence-electron chi connectivity index (χ3n) is 2.21. The normalized spacial score (nSPS) is 12.1. The molecule has 1 atom stereocenters. The van der Waals surface area contributed by atoms with E-state index in [1.807, 2.05) is 42.5 Å². The summed E-state index contributed by atoms with van der Waals surface area (Å²) in [6.07, 6.45) is 0. The van der Waals surface area contributed by atoms with Crippen LogP contribution in [-0.4, -0.2) is 11.1 Å². The average Bonchev–Trinajstić information content (AvgIpc) is 2.73. The van der Waals surface area contributed by atoms with Gasteiger partial charge in [-0.05, 0) is 40.2 Å². The smallest absolute Gasteiger partial charge is 0.331 e. The highest BCUT2D eigenvalue weighted by Gasteiger charge is 2.21. The molecule has 2 rings (SSSR count). The molecule has 3 nitrogen and oxygen atoms in total. The molecule has 2 N–H and O–H groups in total. The van der Waals surface area contributed by atoms with Crippen LogP contribution < -0.4 is 5.32 Å². The molecule has 0 amide bonds. The molecule has 1 aromatic heterocycles. The summed E-state index contributed by atoms with van der Waals surface area (Å²) in [7, 11) is 0. The molecule has 0 spiro atoms. The molecule has 1 aromatic carbocycles. The maximum atomic E-state index is 11.2. The molecule has 5 heteroatoms. The van der Waals surface area contributed by atoms with Gasteiger partial charge in [-0.1, -0.05) is 18.2 Å². The molecule has 0 saturated carbocycles. The molecular formula is C12H10BrNO2S. The summed E-state index contributed by atoms with van der Waals surface area (Å²) in [4.78, 5) is 12.0. The Bertz CT molecular complexity index is 512. The Balaban J connectivity index is 2.22. The van der Waals surface area contributed by atoms with E-state index >= 15 is 0 Å². The first kappa shape index (κ1) is 12.1. The van der Waals surface area contributed by atoms with Gasteiger partial charge in [0.2, 0.25) is 0 Å². The highest BCUT2D eigenvalue weighted by atomic mass is 79.9. The van der Waals surface area contributed by atoms with Gasteiger partial charge in [-0.15, -0.1) is 11.3 Å². The Hall–Kier alpha value is -1.33. The number of hydrogen-bond acceptors (Lipinski definition) is 3. The van der Waals surface area contributed by atoms with Crippen LogP contribution in [0, 0.1) is 0 Å². The van der Waals surface area contributed by atoms with Crippen molar-refractivity contribution < 1.29 is 9.90 Å². The number of carboxylic acids is 1. The molecule has 0 fully saturated rings. The first-order chi connectivity index (χ1) is 8.16. The minimum atomic E-state index is -0.886. The van der Waals surface area contributed by atoms with Crippen LogP contribution in [0.15, 0.2) is 46.3 Å². The van der Waals surface area contributed by atoms with Gasteiger partial charge in [-0.2, -0.15) is 0 Å². The van der Waals surface area contributed by atoms with E-state index in [2.05, 4.69) is 21.2 Å². The summed E-state index contributed by atoms with van der Waals surface area (Å²) in [6.45, 7) is 0. The zero-order valence-electron chi connectivity index (χ0n) is 8.76. The number of nitrogens with one attached hydrogen (secondary N) is 1. The van der Waals surface area contributed by atoms with Gasteiger partial charge in [0.1, 0.15) is 0 Å². The van der Waals surface area contributed by atoms with Gasteiger partial charge in [0, 0.05) is 10.6 Å². The van der Waals surface area contributed by atoms with Crippen molar-refractivity contribution in [3.8, 4) is 0 Å². The Labute approximate surface area is 111 Å². The highest BCUT2D eigenvalue weighted by molar-refractivity contribution is 9.11. The van der Waals surface area contributed by atoms with E-state index in [0.717, 1.165) is 14.4 Å². The number of para-hydroxylation sites is 1. The molecule has 0 aliphatic heterocycles. The zero-order valence-corrected chi connectivity index (χ0v) is 11.2. The summed E-state index contributed by atoms with van der Waals surface area (Å²) in [5, 5.41) is 12.2. The molecule has 1 unspecified atom stereocenters. The molecule has 0 saturated heterocycles. The van der Waals surface area contributed by atoms with Crippen LogP contribution in [0.5, 0.6) is 0 Å². The minimum absolute atomic E-state index is 0.714. The van der Waals surface area contributed by atoms with Gasteiger partial charge in [0.25, 0.3) is 0 Å². The van der Waals surface area contributed by atoms with E-state index in [1.54, 1.807) is 0 Å². The average molecular weight is 312 g/mol. The standard InChI is InChI=1S/C12H10BrNO2S/c13-10-7-6-9(17-10)11(12(15)16)14-8-4-2-1-3-5-8/h1-7,11,14H,(H,15,16). The Morgan fingerprint density at radius 2 is 1.94 bits per heavy atom. The van der Waals surface area contributed by atoms with Crippen LogP contribution in [0.1, 0.15) is 10.9 Å². The van der Waals surface area contributed by atoms with Crippen molar-refractivity contribution in [1.29, 1.82) is 0 Å². The molecule has 88 valence electrons. The van der Waals surface area contributed by atoms with Gasteiger partial charge in [0.15, 0.2) is 6.04 Å². The van der Waals surface area contributed by atoms with E-state index in [0.29, 0.717) is 0 Å². The van der Waals surface area contributed by atoms with Gasteiger partial charge < -0.3 is 10.4 Å². The van der Waals surface area contributed by atoms with Gasteiger partial charge in [-0.25, -0.2) is 4.79 Å². The van der Waals surface area contributed by atoms with Crippen LogP contribution in [0.3, 0.4) is 0 Å². The fraction of sp³-hybridized carbons (Fsp3) is 0.0833. The second-order valence-corrected chi connectivity index (χ2v) is 5.92. The summed E-state index contributed by atoms with van der Waals surface area (Å²) < 4.78 is 0.925. The van der Waals surface area contributed by atoms with Crippen LogP contribution in [0.2, 0.25) is 0 Å². The van der Waals surface area contributed by atoms with Crippen molar-refractivity contribution in [2.75, 3.05) is 5.32 Å². The molecule has 0 aliphatic carbocycles. The second kappa shape index (κ2) is 5.33. The topological polar surface area (TPSA) is 49.3 Å². The van der Waals surface area contributed by atoms with E-state index in [1.165, 1.54) is 11.3 Å². The minimum Gasteiger partial charge on any atom is -0.479 e. The van der Waals surface area contributed by atoms with E-state index in [-0.39, 0.29) is 0 Å². The Kier molecular flexibility index (Phi) is 3.81. The number of benzene rings is 1. The molecule has 0 aliphatic rings. The number of aliphatic carboxylic acids is 1. The number of hydrogen-bond donors (Lipinski definition) is 2. The van der Waals surface area contributed by atoms with E-state index in [4.69, 9.17) is 0 Å². The summed E-state index contributed by atoms with van der Waals surface area (Å²) >= 11 is 4.75. The number of halogens is 1. The van der Waals surface area contributed by atoms with Crippen molar-refractivity contribution >= 4 is 38.9 Å². The monoisotopic (exact) mass is 311 g/mol. The number of anilines is 1. The fourth-order valence-corrected chi connectivity index (χ4v) is 2.91. The summed E-state index contributed by atoms with van der Waals surface area (Å²) in [5.41, 5.74) is 0.796. The van der Waals surface area contributed by atoms with E-state index in [9.17, 15) is 9.90 Å². The van der Waals surface area contributed by atoms with Crippen molar-refractivity contribution in [3.05, 3.63) is 51.1 Å². The van der Waals surface area contributed by atoms with Gasteiger partial charge in [0.05, 0.1) is 3.79 Å². The molecule has 2 aromatic rings. The van der Waals surface area contributed by atoms with Crippen LogP contribution >= 0.6 is 27.3 Å². The third kappa shape index (κ3) is 3.08.